The smallest absolute Gasteiger partial charge is 0.274 e. The SMILES string of the molecule is O=c1c2ccccc2c(Cc2ccc(Cl)cc2)nn1C1CCCN(CCC2CCCCC2)CC1. The molecular weight excluding hydrogens is 442 g/mol. The van der Waals surface area contributed by atoms with Gasteiger partial charge in [-0.05, 0) is 68.5 Å². The van der Waals surface area contributed by atoms with Gasteiger partial charge in [-0.3, -0.25) is 4.79 Å². The first-order chi connectivity index (χ1) is 16.7. The molecule has 180 valence electrons. The van der Waals surface area contributed by atoms with E-state index < -0.39 is 0 Å². The van der Waals surface area contributed by atoms with Crippen LogP contribution in [0.5, 0.6) is 0 Å². The summed E-state index contributed by atoms with van der Waals surface area (Å²) in [5, 5.41) is 7.45. The molecule has 1 unspecified atom stereocenters. The fraction of sp³-hybridized carbons (Fsp3) is 0.517. The van der Waals surface area contributed by atoms with Crippen LogP contribution in [0.2, 0.25) is 5.02 Å². The number of benzene rings is 2. The van der Waals surface area contributed by atoms with Crippen molar-refractivity contribution in [3.63, 3.8) is 0 Å². The zero-order valence-electron chi connectivity index (χ0n) is 20.1. The van der Waals surface area contributed by atoms with Gasteiger partial charge in [0.2, 0.25) is 0 Å². The van der Waals surface area contributed by atoms with Gasteiger partial charge in [-0.1, -0.05) is 74.0 Å². The highest BCUT2D eigenvalue weighted by Gasteiger charge is 2.23. The van der Waals surface area contributed by atoms with Crippen LogP contribution in [0, 0.1) is 5.92 Å². The van der Waals surface area contributed by atoms with Crippen molar-refractivity contribution in [3.05, 3.63) is 75.2 Å². The normalized spacial score (nSPS) is 20.4. The minimum absolute atomic E-state index is 0.0520. The minimum Gasteiger partial charge on any atom is -0.303 e. The van der Waals surface area contributed by atoms with Gasteiger partial charge in [0.1, 0.15) is 0 Å². The van der Waals surface area contributed by atoms with Gasteiger partial charge in [0, 0.05) is 23.4 Å². The Bertz CT molecular complexity index is 1150. The molecule has 1 atom stereocenters. The molecule has 1 saturated carbocycles. The molecule has 2 aliphatic rings. The van der Waals surface area contributed by atoms with Gasteiger partial charge >= 0.3 is 0 Å². The van der Waals surface area contributed by atoms with Gasteiger partial charge in [-0.15, -0.1) is 0 Å². The van der Waals surface area contributed by atoms with Crippen molar-refractivity contribution in [3.8, 4) is 0 Å². The molecule has 34 heavy (non-hydrogen) atoms. The van der Waals surface area contributed by atoms with Gasteiger partial charge in [0.25, 0.3) is 5.56 Å². The van der Waals surface area contributed by atoms with Crippen molar-refractivity contribution in [2.75, 3.05) is 19.6 Å². The lowest BCUT2D eigenvalue weighted by atomic mass is 9.87. The summed E-state index contributed by atoms with van der Waals surface area (Å²) >= 11 is 6.09. The van der Waals surface area contributed by atoms with Crippen LogP contribution in [0.4, 0.5) is 0 Å². The molecular formula is C29H36ClN3O. The second-order valence-corrected chi connectivity index (χ2v) is 10.7. The number of halogens is 1. The van der Waals surface area contributed by atoms with Crippen molar-refractivity contribution in [1.29, 1.82) is 0 Å². The van der Waals surface area contributed by atoms with Crippen molar-refractivity contribution in [2.24, 2.45) is 5.92 Å². The predicted octanol–water partition coefficient (Wildman–Crippen LogP) is 6.64. The lowest BCUT2D eigenvalue weighted by Crippen LogP contribution is -2.31. The molecule has 0 spiro atoms. The van der Waals surface area contributed by atoms with Crippen molar-refractivity contribution in [2.45, 2.75) is 70.3 Å². The third-order valence-corrected chi connectivity index (χ3v) is 8.16. The fourth-order valence-corrected chi connectivity index (χ4v) is 6.02. The van der Waals surface area contributed by atoms with E-state index in [1.54, 1.807) is 0 Å². The maximum Gasteiger partial charge on any atom is 0.274 e. The van der Waals surface area contributed by atoms with Crippen LogP contribution in [-0.4, -0.2) is 34.3 Å². The predicted molar refractivity (Wildman–Crippen MR) is 141 cm³/mol. The third-order valence-electron chi connectivity index (χ3n) is 7.90. The number of hydrogen-bond acceptors (Lipinski definition) is 3. The Morgan fingerprint density at radius 2 is 1.62 bits per heavy atom. The van der Waals surface area contributed by atoms with Crippen molar-refractivity contribution < 1.29 is 0 Å². The second kappa shape index (κ2) is 11.0. The molecule has 2 heterocycles. The van der Waals surface area contributed by atoms with Crippen LogP contribution < -0.4 is 5.56 Å². The Kier molecular flexibility index (Phi) is 7.66. The fourth-order valence-electron chi connectivity index (χ4n) is 5.90. The highest BCUT2D eigenvalue weighted by atomic mass is 35.5. The van der Waals surface area contributed by atoms with Gasteiger partial charge in [0.05, 0.1) is 17.1 Å². The molecule has 0 amide bonds. The summed E-state index contributed by atoms with van der Waals surface area (Å²) in [6.45, 7) is 3.41. The number of likely N-dealkylation sites (tertiary alicyclic amines) is 1. The largest absolute Gasteiger partial charge is 0.303 e. The standard InChI is InChI=1S/C29H36ClN3O/c30-24-14-12-23(13-15-24)21-28-26-10-4-5-11-27(26)29(34)33(31-28)25-9-6-18-32(20-17-25)19-16-22-7-2-1-3-8-22/h4-5,10-15,22,25H,1-3,6-9,16-21H2. The average Bonchev–Trinajstić information content (AvgIpc) is 3.12. The van der Waals surface area contributed by atoms with E-state index in [1.165, 1.54) is 45.1 Å². The molecule has 2 aromatic carbocycles. The molecule has 2 fully saturated rings. The topological polar surface area (TPSA) is 38.1 Å². The molecule has 5 rings (SSSR count). The summed E-state index contributed by atoms with van der Waals surface area (Å²) in [6, 6.07) is 16.0. The van der Waals surface area contributed by atoms with E-state index in [0.717, 1.165) is 65.3 Å². The maximum atomic E-state index is 13.5. The van der Waals surface area contributed by atoms with E-state index in [9.17, 15) is 4.79 Å². The molecule has 0 radical (unpaired) electrons. The zero-order chi connectivity index (χ0) is 23.3. The summed E-state index contributed by atoms with van der Waals surface area (Å²) in [4.78, 5) is 16.1. The highest BCUT2D eigenvalue weighted by Crippen LogP contribution is 2.28. The first kappa shape index (κ1) is 23.6. The summed E-state index contributed by atoms with van der Waals surface area (Å²) in [5.41, 5.74) is 2.18. The van der Waals surface area contributed by atoms with Gasteiger partial charge in [-0.2, -0.15) is 5.10 Å². The Hall–Kier alpha value is -2.17. The summed E-state index contributed by atoms with van der Waals surface area (Å²) in [6.07, 6.45) is 12.3. The molecule has 1 saturated heterocycles. The Balaban J connectivity index is 1.34. The molecule has 4 nitrogen and oxygen atoms in total. The monoisotopic (exact) mass is 477 g/mol. The van der Waals surface area contributed by atoms with E-state index in [4.69, 9.17) is 16.7 Å². The van der Waals surface area contributed by atoms with E-state index in [-0.39, 0.29) is 11.6 Å². The molecule has 1 aliphatic heterocycles. The number of fused-ring (bicyclic) bond motifs is 1. The van der Waals surface area contributed by atoms with Crippen molar-refractivity contribution >= 4 is 22.4 Å². The number of nitrogens with zero attached hydrogens (tertiary/aromatic N) is 3. The van der Waals surface area contributed by atoms with Crippen LogP contribution in [0.3, 0.4) is 0 Å². The maximum absolute atomic E-state index is 13.5. The van der Waals surface area contributed by atoms with Crippen LogP contribution >= 0.6 is 11.6 Å². The average molecular weight is 478 g/mol. The Morgan fingerprint density at radius 1 is 0.853 bits per heavy atom. The number of hydrogen-bond donors (Lipinski definition) is 0. The Labute approximate surface area is 207 Å². The van der Waals surface area contributed by atoms with Crippen molar-refractivity contribution in [1.82, 2.24) is 14.7 Å². The molecule has 1 aliphatic carbocycles. The number of aromatic nitrogens is 2. The quantitative estimate of drug-likeness (QED) is 0.399. The van der Waals surface area contributed by atoms with E-state index in [1.807, 2.05) is 53.2 Å². The summed E-state index contributed by atoms with van der Waals surface area (Å²) in [7, 11) is 0. The van der Waals surface area contributed by atoms with Crippen LogP contribution in [0.25, 0.3) is 10.8 Å². The zero-order valence-corrected chi connectivity index (χ0v) is 20.8. The Morgan fingerprint density at radius 3 is 2.41 bits per heavy atom. The molecule has 3 aromatic rings. The van der Waals surface area contributed by atoms with E-state index in [2.05, 4.69) is 4.90 Å². The van der Waals surface area contributed by atoms with Gasteiger partial charge in [-0.25, -0.2) is 4.68 Å². The van der Waals surface area contributed by atoms with Gasteiger partial charge < -0.3 is 4.90 Å². The first-order valence-electron chi connectivity index (χ1n) is 13.1. The van der Waals surface area contributed by atoms with Crippen LogP contribution in [0.15, 0.2) is 53.3 Å². The number of rotatable bonds is 6. The molecule has 1 aromatic heterocycles. The molecule has 0 bridgehead atoms. The molecule has 0 N–H and O–H groups in total. The van der Waals surface area contributed by atoms with E-state index >= 15 is 0 Å². The van der Waals surface area contributed by atoms with Crippen LogP contribution in [-0.2, 0) is 6.42 Å². The van der Waals surface area contributed by atoms with Gasteiger partial charge in [0.15, 0.2) is 0 Å². The summed E-state index contributed by atoms with van der Waals surface area (Å²) < 4.78 is 1.82. The summed E-state index contributed by atoms with van der Waals surface area (Å²) in [5.74, 6) is 0.924. The molecule has 5 heteroatoms. The lowest BCUT2D eigenvalue weighted by molar-refractivity contribution is 0.235. The second-order valence-electron chi connectivity index (χ2n) is 10.3. The minimum atomic E-state index is 0.0520. The van der Waals surface area contributed by atoms with E-state index in [0.29, 0.717) is 6.42 Å². The van der Waals surface area contributed by atoms with Crippen LogP contribution in [0.1, 0.15) is 75.1 Å². The lowest BCUT2D eigenvalue weighted by Gasteiger charge is -2.26. The third kappa shape index (κ3) is 5.55. The first-order valence-corrected chi connectivity index (χ1v) is 13.5. The highest BCUT2D eigenvalue weighted by molar-refractivity contribution is 6.30.